The third kappa shape index (κ3) is 6.80. The molecule has 0 unspecified atom stereocenters. The molecule has 216 valence electrons. The van der Waals surface area contributed by atoms with Gasteiger partial charge in [-0.3, -0.25) is 19.4 Å². The number of amides is 3. The summed E-state index contributed by atoms with van der Waals surface area (Å²) in [5, 5.41) is 6.13. The van der Waals surface area contributed by atoms with Crippen LogP contribution in [0.25, 0.3) is 0 Å². The van der Waals surface area contributed by atoms with Crippen LogP contribution in [-0.4, -0.2) is 59.1 Å². The summed E-state index contributed by atoms with van der Waals surface area (Å²) in [5.41, 5.74) is 3.00. The van der Waals surface area contributed by atoms with E-state index >= 15 is 0 Å². The number of para-hydroxylation sites is 1. The molecule has 0 saturated carbocycles. The van der Waals surface area contributed by atoms with E-state index in [1.54, 1.807) is 31.4 Å². The fraction of sp³-hybridized carbons (Fsp3) is 0.258. The van der Waals surface area contributed by atoms with Gasteiger partial charge in [-0.2, -0.15) is 0 Å². The van der Waals surface area contributed by atoms with E-state index in [-0.39, 0.29) is 36.3 Å². The lowest BCUT2D eigenvalue weighted by atomic mass is 10.1. The van der Waals surface area contributed by atoms with Gasteiger partial charge in [0.05, 0.1) is 25.2 Å². The van der Waals surface area contributed by atoms with E-state index in [1.807, 2.05) is 55.5 Å². The van der Waals surface area contributed by atoms with Gasteiger partial charge in [0, 0.05) is 24.2 Å². The van der Waals surface area contributed by atoms with E-state index in [4.69, 9.17) is 14.5 Å². The second-order valence-corrected chi connectivity index (χ2v) is 10.5. The van der Waals surface area contributed by atoms with E-state index in [9.17, 15) is 14.4 Å². The minimum absolute atomic E-state index is 0.0453. The fourth-order valence-corrected chi connectivity index (χ4v) is 5.32. The van der Waals surface area contributed by atoms with Crippen molar-refractivity contribution in [1.82, 2.24) is 10.2 Å². The molecule has 3 amide bonds. The first-order valence-electron chi connectivity index (χ1n) is 13.6. The zero-order chi connectivity index (χ0) is 29.5. The lowest BCUT2D eigenvalue weighted by Crippen LogP contribution is -2.41. The zero-order valence-corrected chi connectivity index (χ0v) is 24.1. The molecule has 2 aliphatic rings. The fourth-order valence-electron chi connectivity index (χ4n) is 4.52. The van der Waals surface area contributed by atoms with Gasteiger partial charge in [-0.1, -0.05) is 36.0 Å². The predicted molar refractivity (Wildman–Crippen MR) is 163 cm³/mol. The van der Waals surface area contributed by atoms with Crippen LogP contribution in [0.15, 0.2) is 82.8 Å². The van der Waals surface area contributed by atoms with Crippen LogP contribution in [-0.2, 0) is 20.9 Å². The highest BCUT2D eigenvalue weighted by Gasteiger charge is 2.41. The Bertz CT molecular complexity index is 1520. The van der Waals surface area contributed by atoms with Crippen LogP contribution in [0, 0.1) is 0 Å². The largest absolute Gasteiger partial charge is 0.497 e. The Kier molecular flexibility index (Phi) is 9.18. The molecule has 3 aromatic rings. The van der Waals surface area contributed by atoms with Crippen molar-refractivity contribution in [2.75, 3.05) is 24.8 Å². The molecular weight excluding hydrogens is 554 g/mol. The van der Waals surface area contributed by atoms with Crippen molar-refractivity contribution >= 4 is 51.9 Å². The number of hydrogen-bond acceptors (Lipinski definition) is 8. The molecule has 3 aromatic carbocycles. The molecule has 0 fully saturated rings. The summed E-state index contributed by atoms with van der Waals surface area (Å²) in [7, 11) is 1.60. The molecule has 5 rings (SSSR count). The number of carbonyl (C=O) groups is 3. The molecule has 2 aliphatic heterocycles. The van der Waals surface area contributed by atoms with E-state index in [0.29, 0.717) is 35.5 Å². The Hall–Kier alpha value is -4.64. The zero-order valence-electron chi connectivity index (χ0n) is 23.3. The summed E-state index contributed by atoms with van der Waals surface area (Å²) in [6, 6.07) is 21.3. The van der Waals surface area contributed by atoms with Crippen molar-refractivity contribution in [3.8, 4) is 11.5 Å². The minimum atomic E-state index is -0.721. The number of anilines is 1. The number of carbonyl (C=O) groups excluding carboxylic acids is 3. The number of thioether (sulfide) groups is 1. The lowest BCUT2D eigenvalue weighted by Gasteiger charge is -2.25. The van der Waals surface area contributed by atoms with Crippen molar-refractivity contribution in [3.05, 3.63) is 83.9 Å². The molecule has 0 aliphatic carbocycles. The second-order valence-electron chi connectivity index (χ2n) is 9.51. The van der Waals surface area contributed by atoms with Gasteiger partial charge in [-0.05, 0) is 67.4 Å². The summed E-state index contributed by atoms with van der Waals surface area (Å²) in [4.78, 5) is 49.6. The first-order valence-corrected chi connectivity index (χ1v) is 14.6. The molecule has 0 spiro atoms. The van der Waals surface area contributed by atoms with E-state index in [1.165, 1.54) is 4.90 Å². The number of benzene rings is 3. The molecule has 11 heteroatoms. The van der Waals surface area contributed by atoms with Crippen molar-refractivity contribution in [1.29, 1.82) is 0 Å². The standard InChI is InChI=1S/C31H31N5O5S/c1-3-41-23-14-10-21(11-15-23)33-28(38)19-42-31-35-25-7-5-4-6-24(25)29-34-26(30(39)36(29)31)16-17-27(37)32-18-20-8-12-22(40-2)13-9-20/h4-15,26H,3,16-19H2,1-2H3,(H,32,37)(H,33,38)/t26-/m1/s1. The number of aliphatic imine (C=N–C) groups is 2. The number of fused-ring (bicyclic) bond motifs is 3. The van der Waals surface area contributed by atoms with Crippen LogP contribution in [0.2, 0.25) is 0 Å². The molecule has 42 heavy (non-hydrogen) atoms. The Morgan fingerprint density at radius 3 is 2.45 bits per heavy atom. The van der Waals surface area contributed by atoms with Crippen LogP contribution in [0.3, 0.4) is 0 Å². The maximum absolute atomic E-state index is 13.5. The van der Waals surface area contributed by atoms with Crippen LogP contribution in [0.4, 0.5) is 11.4 Å². The second kappa shape index (κ2) is 13.3. The van der Waals surface area contributed by atoms with Crippen LogP contribution in [0.1, 0.15) is 30.9 Å². The summed E-state index contributed by atoms with van der Waals surface area (Å²) in [6.07, 6.45) is 0.397. The Morgan fingerprint density at radius 2 is 1.71 bits per heavy atom. The summed E-state index contributed by atoms with van der Waals surface area (Å²) in [6.45, 7) is 2.85. The van der Waals surface area contributed by atoms with Gasteiger partial charge in [0.25, 0.3) is 5.91 Å². The number of nitrogens with one attached hydrogen (secondary N) is 2. The predicted octanol–water partition coefficient (Wildman–Crippen LogP) is 4.52. The molecule has 0 radical (unpaired) electrons. The summed E-state index contributed by atoms with van der Waals surface area (Å²) >= 11 is 1.16. The lowest BCUT2D eigenvalue weighted by molar-refractivity contribution is -0.125. The van der Waals surface area contributed by atoms with Gasteiger partial charge in [-0.25, -0.2) is 9.89 Å². The first kappa shape index (κ1) is 28.9. The minimum Gasteiger partial charge on any atom is -0.497 e. The quantitative estimate of drug-likeness (QED) is 0.341. The molecular formula is C31H31N5O5S. The first-order chi connectivity index (χ1) is 20.4. The molecule has 10 nitrogen and oxygen atoms in total. The molecule has 1 atom stereocenters. The van der Waals surface area contributed by atoms with Crippen molar-refractivity contribution in [2.45, 2.75) is 32.4 Å². The van der Waals surface area contributed by atoms with Crippen molar-refractivity contribution in [3.63, 3.8) is 0 Å². The smallest absolute Gasteiger partial charge is 0.259 e. The van der Waals surface area contributed by atoms with Gasteiger partial charge >= 0.3 is 0 Å². The van der Waals surface area contributed by atoms with Crippen molar-refractivity contribution in [2.24, 2.45) is 9.98 Å². The van der Waals surface area contributed by atoms with Gasteiger partial charge < -0.3 is 20.1 Å². The van der Waals surface area contributed by atoms with Gasteiger partial charge in [0.1, 0.15) is 23.4 Å². The van der Waals surface area contributed by atoms with Gasteiger partial charge in [0.15, 0.2) is 5.17 Å². The summed E-state index contributed by atoms with van der Waals surface area (Å²) in [5.74, 6) is 1.34. The number of methoxy groups -OCH3 is 1. The molecule has 0 aromatic heterocycles. The monoisotopic (exact) mass is 585 g/mol. The molecule has 0 saturated heterocycles. The van der Waals surface area contributed by atoms with Crippen LogP contribution in [0.5, 0.6) is 11.5 Å². The topological polar surface area (TPSA) is 122 Å². The highest BCUT2D eigenvalue weighted by Crippen LogP contribution is 2.34. The average Bonchev–Trinajstić information content (AvgIpc) is 3.35. The van der Waals surface area contributed by atoms with Gasteiger partial charge in [-0.15, -0.1) is 0 Å². The Balaban J connectivity index is 1.20. The normalized spacial score (nSPS) is 15.2. The molecule has 2 heterocycles. The molecule has 2 N–H and O–H groups in total. The number of nitrogens with zero attached hydrogens (tertiary/aromatic N) is 3. The van der Waals surface area contributed by atoms with Crippen LogP contribution >= 0.6 is 11.8 Å². The van der Waals surface area contributed by atoms with E-state index < -0.39 is 6.04 Å². The molecule has 0 bridgehead atoms. The SMILES string of the molecule is CCOc1ccc(NC(=O)CSC2=Nc3ccccc3C3=N[C@H](CCC(=O)NCc4ccc(OC)cc4)C(=O)N23)cc1. The highest BCUT2D eigenvalue weighted by molar-refractivity contribution is 8.14. The maximum Gasteiger partial charge on any atom is 0.259 e. The third-order valence-electron chi connectivity index (χ3n) is 6.62. The Labute approximate surface area is 248 Å². The van der Waals surface area contributed by atoms with Crippen LogP contribution < -0.4 is 20.1 Å². The average molecular weight is 586 g/mol. The van der Waals surface area contributed by atoms with E-state index in [0.717, 1.165) is 34.4 Å². The van der Waals surface area contributed by atoms with Gasteiger partial charge in [0.2, 0.25) is 11.8 Å². The third-order valence-corrected chi connectivity index (χ3v) is 7.56. The number of hydrogen-bond donors (Lipinski definition) is 2. The summed E-state index contributed by atoms with van der Waals surface area (Å²) < 4.78 is 10.6. The number of rotatable bonds is 11. The van der Waals surface area contributed by atoms with E-state index in [2.05, 4.69) is 15.6 Å². The Morgan fingerprint density at radius 1 is 0.976 bits per heavy atom. The number of ether oxygens (including phenoxy) is 2. The number of amidine groups is 2. The highest BCUT2D eigenvalue weighted by atomic mass is 32.2. The van der Waals surface area contributed by atoms with Crippen molar-refractivity contribution < 1.29 is 23.9 Å². The maximum atomic E-state index is 13.5.